The fourth-order valence-electron chi connectivity index (χ4n) is 1.89. The second-order valence-electron chi connectivity index (χ2n) is 4.40. The molecule has 0 bridgehead atoms. The Balaban J connectivity index is 2.15. The van der Waals surface area contributed by atoms with Crippen molar-refractivity contribution in [1.29, 1.82) is 0 Å². The molecule has 0 fully saturated rings. The van der Waals surface area contributed by atoms with Crippen molar-refractivity contribution in [3.8, 4) is 0 Å². The van der Waals surface area contributed by atoms with Crippen LogP contribution < -0.4 is 4.90 Å². The highest BCUT2D eigenvalue weighted by Crippen LogP contribution is 2.28. The monoisotopic (exact) mass is 445 g/mol. The molecule has 2 rings (SSSR count). The van der Waals surface area contributed by atoms with Crippen LogP contribution in [0.4, 0.5) is 5.69 Å². The van der Waals surface area contributed by atoms with E-state index in [1.165, 1.54) is 16.8 Å². The average molecular weight is 448 g/mol. The van der Waals surface area contributed by atoms with Gasteiger partial charge in [0.25, 0.3) is 0 Å². The first kappa shape index (κ1) is 15.1. The maximum Gasteiger partial charge on any atom is 0.0511 e. The van der Waals surface area contributed by atoms with Crippen LogP contribution >= 0.6 is 47.8 Å². The normalized spacial score (nSPS) is 10.5. The molecule has 0 spiro atoms. The van der Waals surface area contributed by atoms with Gasteiger partial charge >= 0.3 is 0 Å². The number of alkyl halides is 1. The predicted molar refractivity (Wildman–Crippen MR) is 93.0 cm³/mol. The van der Waals surface area contributed by atoms with Crippen LogP contribution in [0.15, 0.2) is 51.4 Å². The standard InChI is InChI=1S/C15H14Br3N/c1-19(10-11-2-5-13(17)6-3-11)15-7-4-12(9-16)8-14(15)18/h2-8H,9-10H2,1H3. The summed E-state index contributed by atoms with van der Waals surface area (Å²) in [5, 5.41) is 0.877. The van der Waals surface area contributed by atoms with E-state index >= 15 is 0 Å². The van der Waals surface area contributed by atoms with Crippen molar-refractivity contribution in [2.75, 3.05) is 11.9 Å². The summed E-state index contributed by atoms with van der Waals surface area (Å²) in [6.45, 7) is 0.888. The minimum absolute atomic E-state index is 0.877. The van der Waals surface area contributed by atoms with Gasteiger partial charge < -0.3 is 4.90 Å². The van der Waals surface area contributed by atoms with Crippen LogP contribution in [-0.4, -0.2) is 7.05 Å². The second kappa shape index (κ2) is 6.91. The minimum atomic E-state index is 0.877. The Hall–Kier alpha value is -0.320. The number of anilines is 1. The number of hydrogen-bond acceptors (Lipinski definition) is 1. The highest BCUT2D eigenvalue weighted by atomic mass is 79.9. The van der Waals surface area contributed by atoms with Crippen LogP contribution in [-0.2, 0) is 11.9 Å². The molecule has 4 heteroatoms. The zero-order valence-corrected chi connectivity index (χ0v) is 15.3. The van der Waals surface area contributed by atoms with E-state index in [2.05, 4.69) is 102 Å². The van der Waals surface area contributed by atoms with Crippen molar-refractivity contribution in [1.82, 2.24) is 0 Å². The molecule has 100 valence electrons. The van der Waals surface area contributed by atoms with E-state index in [0.717, 1.165) is 20.8 Å². The summed E-state index contributed by atoms with van der Waals surface area (Å²) in [6.07, 6.45) is 0. The lowest BCUT2D eigenvalue weighted by Gasteiger charge is -2.21. The van der Waals surface area contributed by atoms with Crippen LogP contribution in [0, 0.1) is 0 Å². The third kappa shape index (κ3) is 4.07. The molecule has 1 nitrogen and oxygen atoms in total. The predicted octanol–water partition coefficient (Wildman–Crippen LogP) is 5.74. The fraction of sp³-hybridized carbons (Fsp3) is 0.200. The first-order chi connectivity index (χ1) is 9.10. The minimum Gasteiger partial charge on any atom is -0.369 e. The zero-order valence-electron chi connectivity index (χ0n) is 10.5. The Labute approximate surface area is 139 Å². The smallest absolute Gasteiger partial charge is 0.0511 e. The van der Waals surface area contributed by atoms with Crippen LogP contribution in [0.5, 0.6) is 0 Å². The average Bonchev–Trinajstić information content (AvgIpc) is 2.41. The summed E-state index contributed by atoms with van der Waals surface area (Å²) in [4.78, 5) is 2.24. The van der Waals surface area contributed by atoms with E-state index in [1.54, 1.807) is 0 Å². The third-order valence-corrected chi connectivity index (χ3v) is 4.72. The molecule has 0 amide bonds. The number of rotatable bonds is 4. The molecule has 0 atom stereocenters. The molecular formula is C15H14Br3N. The van der Waals surface area contributed by atoms with Gasteiger partial charge in [0.05, 0.1) is 5.69 Å². The van der Waals surface area contributed by atoms with E-state index in [1.807, 2.05) is 0 Å². The summed E-state index contributed by atoms with van der Waals surface area (Å²) >= 11 is 10.6. The molecule has 0 unspecified atom stereocenters. The van der Waals surface area contributed by atoms with Gasteiger partial charge in [-0.15, -0.1) is 0 Å². The summed E-state index contributed by atoms with van der Waals surface area (Å²) in [6, 6.07) is 14.9. The van der Waals surface area contributed by atoms with Crippen LogP contribution in [0.2, 0.25) is 0 Å². The van der Waals surface area contributed by atoms with Crippen molar-refractivity contribution in [2.24, 2.45) is 0 Å². The summed E-state index contributed by atoms with van der Waals surface area (Å²) in [5.41, 5.74) is 3.77. The van der Waals surface area contributed by atoms with Gasteiger partial charge in [0.1, 0.15) is 0 Å². The lowest BCUT2D eigenvalue weighted by atomic mass is 10.2. The second-order valence-corrected chi connectivity index (χ2v) is 6.73. The lowest BCUT2D eigenvalue weighted by Crippen LogP contribution is -2.16. The van der Waals surface area contributed by atoms with Gasteiger partial charge in [0, 0.05) is 27.9 Å². The molecule has 0 aliphatic rings. The maximum absolute atomic E-state index is 3.64. The molecular weight excluding hydrogens is 434 g/mol. The summed E-state index contributed by atoms with van der Waals surface area (Å²) in [7, 11) is 2.11. The van der Waals surface area contributed by atoms with Gasteiger partial charge in [-0.3, -0.25) is 0 Å². The van der Waals surface area contributed by atoms with Crippen molar-refractivity contribution >= 4 is 53.5 Å². The Morgan fingerprint density at radius 3 is 2.16 bits per heavy atom. The summed E-state index contributed by atoms with van der Waals surface area (Å²) < 4.78 is 2.24. The number of halogens is 3. The molecule has 0 aliphatic heterocycles. The van der Waals surface area contributed by atoms with E-state index in [0.29, 0.717) is 0 Å². The maximum atomic E-state index is 3.64. The molecule has 0 saturated heterocycles. The Bertz CT molecular complexity index is 552. The summed E-state index contributed by atoms with van der Waals surface area (Å²) in [5.74, 6) is 0. The highest BCUT2D eigenvalue weighted by Gasteiger charge is 2.07. The van der Waals surface area contributed by atoms with Crippen LogP contribution in [0.25, 0.3) is 0 Å². The highest BCUT2D eigenvalue weighted by molar-refractivity contribution is 9.11. The fourth-order valence-corrected chi connectivity index (χ4v) is 3.23. The molecule has 0 N–H and O–H groups in total. The van der Waals surface area contributed by atoms with Gasteiger partial charge in [-0.25, -0.2) is 0 Å². The van der Waals surface area contributed by atoms with Crippen molar-refractivity contribution < 1.29 is 0 Å². The number of nitrogens with zero attached hydrogens (tertiary/aromatic N) is 1. The van der Waals surface area contributed by atoms with Gasteiger partial charge in [-0.05, 0) is 51.3 Å². The Morgan fingerprint density at radius 2 is 1.58 bits per heavy atom. The van der Waals surface area contributed by atoms with Crippen molar-refractivity contribution in [2.45, 2.75) is 11.9 Å². The molecule has 0 saturated carbocycles. The largest absolute Gasteiger partial charge is 0.369 e. The molecule has 0 aliphatic carbocycles. The molecule has 2 aromatic rings. The van der Waals surface area contributed by atoms with E-state index in [-0.39, 0.29) is 0 Å². The van der Waals surface area contributed by atoms with Crippen molar-refractivity contribution in [3.05, 3.63) is 62.5 Å². The van der Waals surface area contributed by atoms with E-state index in [4.69, 9.17) is 0 Å². The number of hydrogen-bond donors (Lipinski definition) is 0. The molecule has 2 aromatic carbocycles. The Morgan fingerprint density at radius 1 is 0.947 bits per heavy atom. The SMILES string of the molecule is CN(Cc1ccc(Br)cc1)c1ccc(CBr)cc1Br. The van der Waals surface area contributed by atoms with Gasteiger partial charge in [0.15, 0.2) is 0 Å². The van der Waals surface area contributed by atoms with Gasteiger partial charge in [-0.1, -0.05) is 50.1 Å². The zero-order chi connectivity index (χ0) is 13.8. The topological polar surface area (TPSA) is 3.24 Å². The van der Waals surface area contributed by atoms with Crippen molar-refractivity contribution in [3.63, 3.8) is 0 Å². The Kier molecular flexibility index (Phi) is 5.48. The number of benzene rings is 2. The third-order valence-electron chi connectivity index (χ3n) is 2.91. The van der Waals surface area contributed by atoms with Gasteiger partial charge in [0.2, 0.25) is 0 Å². The van der Waals surface area contributed by atoms with Crippen LogP contribution in [0.1, 0.15) is 11.1 Å². The molecule has 0 heterocycles. The first-order valence-corrected chi connectivity index (χ1v) is 8.61. The van der Waals surface area contributed by atoms with Gasteiger partial charge in [-0.2, -0.15) is 0 Å². The van der Waals surface area contributed by atoms with Crippen LogP contribution in [0.3, 0.4) is 0 Å². The lowest BCUT2D eigenvalue weighted by molar-refractivity contribution is 0.919. The first-order valence-electron chi connectivity index (χ1n) is 5.90. The molecule has 19 heavy (non-hydrogen) atoms. The van der Waals surface area contributed by atoms with E-state index < -0.39 is 0 Å². The molecule has 0 aromatic heterocycles. The quantitative estimate of drug-likeness (QED) is 0.540. The molecule has 0 radical (unpaired) electrons. The van der Waals surface area contributed by atoms with E-state index in [9.17, 15) is 0 Å².